The lowest BCUT2D eigenvalue weighted by Gasteiger charge is -2.42. The average Bonchev–Trinajstić information content (AvgIpc) is 2.28. The van der Waals surface area contributed by atoms with Gasteiger partial charge in [-0.3, -0.25) is 9.69 Å². The molecule has 0 spiro atoms. The van der Waals surface area contributed by atoms with Gasteiger partial charge in [-0.25, -0.2) is 0 Å². The molecule has 0 aromatic rings. The quantitative estimate of drug-likeness (QED) is 0.757. The fourth-order valence-corrected chi connectivity index (χ4v) is 2.75. The first-order valence-corrected chi connectivity index (χ1v) is 6.77. The molecule has 98 valence electrons. The van der Waals surface area contributed by atoms with E-state index in [4.69, 9.17) is 0 Å². The minimum atomic E-state index is -0.374. The number of piperazine rings is 1. The number of nitrogens with one attached hydrogen (secondary N) is 2. The molecule has 1 saturated carbocycles. The summed E-state index contributed by atoms with van der Waals surface area (Å²) in [4.78, 5) is 14.6. The monoisotopic (exact) mass is 239 g/mol. The van der Waals surface area contributed by atoms with Gasteiger partial charge in [0.15, 0.2) is 0 Å². The highest BCUT2D eigenvalue weighted by molar-refractivity contribution is 5.85. The topological polar surface area (TPSA) is 44.4 Å². The van der Waals surface area contributed by atoms with Crippen LogP contribution in [0.15, 0.2) is 0 Å². The van der Waals surface area contributed by atoms with Crippen LogP contribution < -0.4 is 10.6 Å². The smallest absolute Gasteiger partial charge is 0.240 e. The van der Waals surface area contributed by atoms with Crippen LogP contribution >= 0.6 is 0 Å². The molecule has 1 amide bonds. The predicted molar refractivity (Wildman–Crippen MR) is 68.9 cm³/mol. The van der Waals surface area contributed by atoms with Gasteiger partial charge in [-0.1, -0.05) is 6.92 Å². The molecule has 0 radical (unpaired) electrons. The van der Waals surface area contributed by atoms with Crippen LogP contribution in [0.2, 0.25) is 0 Å². The highest BCUT2D eigenvalue weighted by atomic mass is 16.2. The van der Waals surface area contributed by atoms with Gasteiger partial charge in [-0.2, -0.15) is 0 Å². The number of hydrogen-bond donors (Lipinski definition) is 2. The van der Waals surface area contributed by atoms with Gasteiger partial charge in [0, 0.05) is 32.2 Å². The second kappa shape index (κ2) is 4.94. The number of nitrogens with zero attached hydrogens (tertiary/aromatic N) is 1. The van der Waals surface area contributed by atoms with Crippen LogP contribution in [0.3, 0.4) is 0 Å². The van der Waals surface area contributed by atoms with Gasteiger partial charge in [-0.05, 0) is 32.6 Å². The Balaban J connectivity index is 1.87. The zero-order valence-corrected chi connectivity index (χ0v) is 11.3. The molecular formula is C13H25N3O. The Kier molecular flexibility index (Phi) is 3.73. The van der Waals surface area contributed by atoms with Gasteiger partial charge in [0.25, 0.3) is 0 Å². The summed E-state index contributed by atoms with van der Waals surface area (Å²) in [5.74, 6) is 0.971. The Morgan fingerprint density at radius 2 is 1.88 bits per heavy atom. The van der Waals surface area contributed by atoms with Crippen molar-refractivity contribution < 1.29 is 4.79 Å². The normalized spacial score (nSPS) is 30.8. The Labute approximate surface area is 104 Å². The Bertz CT molecular complexity index is 278. The molecule has 4 heteroatoms. The number of rotatable bonds is 3. The molecule has 0 unspecified atom stereocenters. The highest BCUT2D eigenvalue weighted by Gasteiger charge is 2.37. The Morgan fingerprint density at radius 3 is 2.41 bits per heavy atom. The summed E-state index contributed by atoms with van der Waals surface area (Å²) < 4.78 is 0. The van der Waals surface area contributed by atoms with Gasteiger partial charge in [0.2, 0.25) is 5.91 Å². The molecule has 0 bridgehead atoms. The Hall–Kier alpha value is -0.610. The van der Waals surface area contributed by atoms with Crippen molar-refractivity contribution in [3.63, 3.8) is 0 Å². The molecule has 2 aliphatic rings. The summed E-state index contributed by atoms with van der Waals surface area (Å²) in [7, 11) is 0. The van der Waals surface area contributed by atoms with Crippen LogP contribution in [0.25, 0.3) is 0 Å². The van der Waals surface area contributed by atoms with Gasteiger partial charge in [0.1, 0.15) is 0 Å². The van der Waals surface area contributed by atoms with Crippen molar-refractivity contribution in [2.45, 2.75) is 45.2 Å². The molecule has 1 saturated heterocycles. The molecule has 17 heavy (non-hydrogen) atoms. The second-order valence-corrected chi connectivity index (χ2v) is 6.04. The number of carbonyl (C=O) groups excluding carboxylic acids is 1. The summed E-state index contributed by atoms with van der Waals surface area (Å²) in [6, 6.07) is 0.416. The van der Waals surface area contributed by atoms with Crippen molar-refractivity contribution in [3.8, 4) is 0 Å². The van der Waals surface area contributed by atoms with Gasteiger partial charge in [-0.15, -0.1) is 0 Å². The van der Waals surface area contributed by atoms with Crippen LogP contribution in [0.1, 0.15) is 33.6 Å². The van der Waals surface area contributed by atoms with E-state index in [0.29, 0.717) is 6.04 Å². The fraction of sp³-hybridized carbons (Fsp3) is 0.923. The second-order valence-electron chi connectivity index (χ2n) is 6.04. The van der Waals surface area contributed by atoms with Crippen LogP contribution in [0.5, 0.6) is 0 Å². The summed E-state index contributed by atoms with van der Waals surface area (Å²) in [6.45, 7) is 10.2. The lowest BCUT2D eigenvalue weighted by Crippen LogP contribution is -2.62. The zero-order chi connectivity index (χ0) is 12.5. The molecule has 1 aliphatic carbocycles. The molecular weight excluding hydrogens is 214 g/mol. The molecule has 0 aromatic heterocycles. The Morgan fingerprint density at radius 1 is 1.29 bits per heavy atom. The first-order valence-electron chi connectivity index (χ1n) is 6.77. The minimum absolute atomic E-state index is 0.191. The van der Waals surface area contributed by atoms with Crippen molar-refractivity contribution in [1.82, 2.24) is 15.5 Å². The first kappa shape index (κ1) is 12.8. The van der Waals surface area contributed by atoms with E-state index >= 15 is 0 Å². The van der Waals surface area contributed by atoms with E-state index in [0.717, 1.165) is 44.9 Å². The minimum Gasteiger partial charge on any atom is -0.352 e. The maximum absolute atomic E-state index is 12.3. The van der Waals surface area contributed by atoms with E-state index in [1.807, 2.05) is 13.8 Å². The average molecular weight is 239 g/mol. The molecule has 0 atom stereocenters. The third kappa shape index (κ3) is 2.80. The van der Waals surface area contributed by atoms with Crippen molar-refractivity contribution in [3.05, 3.63) is 0 Å². The summed E-state index contributed by atoms with van der Waals surface area (Å²) in [5, 5.41) is 6.50. The van der Waals surface area contributed by atoms with Gasteiger partial charge >= 0.3 is 0 Å². The molecule has 2 rings (SSSR count). The molecule has 1 aliphatic heterocycles. The van der Waals surface area contributed by atoms with E-state index in [1.54, 1.807) is 0 Å². The molecule has 2 N–H and O–H groups in total. The van der Waals surface area contributed by atoms with E-state index in [9.17, 15) is 4.79 Å². The fourth-order valence-electron chi connectivity index (χ4n) is 2.75. The maximum atomic E-state index is 12.3. The lowest BCUT2D eigenvalue weighted by atomic mass is 9.81. The van der Waals surface area contributed by atoms with Crippen LogP contribution in [-0.4, -0.2) is 48.6 Å². The SMILES string of the molecule is CC1CC(NC(=O)C(C)(C)N2CCNCC2)C1. The zero-order valence-electron chi connectivity index (χ0n) is 11.3. The van der Waals surface area contributed by atoms with Crippen molar-refractivity contribution >= 4 is 5.91 Å². The van der Waals surface area contributed by atoms with E-state index < -0.39 is 0 Å². The molecule has 2 fully saturated rings. The molecule has 1 heterocycles. The standard InChI is InChI=1S/C13H25N3O/c1-10-8-11(9-10)15-12(17)13(2,3)16-6-4-14-5-7-16/h10-11,14H,4-9H2,1-3H3,(H,15,17). The maximum Gasteiger partial charge on any atom is 0.240 e. The van der Waals surface area contributed by atoms with Crippen molar-refractivity contribution in [2.75, 3.05) is 26.2 Å². The van der Waals surface area contributed by atoms with Gasteiger partial charge in [0.05, 0.1) is 5.54 Å². The van der Waals surface area contributed by atoms with Crippen molar-refractivity contribution in [2.24, 2.45) is 5.92 Å². The van der Waals surface area contributed by atoms with E-state index in [-0.39, 0.29) is 11.4 Å². The third-order valence-corrected chi connectivity index (χ3v) is 4.17. The predicted octanol–water partition coefficient (Wildman–Crippen LogP) is 0.585. The third-order valence-electron chi connectivity index (χ3n) is 4.17. The van der Waals surface area contributed by atoms with E-state index in [2.05, 4.69) is 22.5 Å². The number of amides is 1. The molecule has 0 aromatic carbocycles. The van der Waals surface area contributed by atoms with Crippen LogP contribution in [-0.2, 0) is 4.79 Å². The first-order chi connectivity index (χ1) is 8.00. The highest BCUT2D eigenvalue weighted by Crippen LogP contribution is 2.27. The van der Waals surface area contributed by atoms with Gasteiger partial charge < -0.3 is 10.6 Å². The summed E-state index contributed by atoms with van der Waals surface area (Å²) in [5.41, 5.74) is -0.374. The van der Waals surface area contributed by atoms with Crippen molar-refractivity contribution in [1.29, 1.82) is 0 Å². The molecule has 4 nitrogen and oxygen atoms in total. The summed E-state index contributed by atoms with van der Waals surface area (Å²) >= 11 is 0. The van der Waals surface area contributed by atoms with Crippen LogP contribution in [0, 0.1) is 5.92 Å². The number of hydrogen-bond acceptors (Lipinski definition) is 3. The summed E-state index contributed by atoms with van der Waals surface area (Å²) in [6.07, 6.45) is 2.28. The van der Waals surface area contributed by atoms with E-state index in [1.165, 1.54) is 0 Å². The lowest BCUT2D eigenvalue weighted by molar-refractivity contribution is -0.133. The number of carbonyl (C=O) groups is 1. The van der Waals surface area contributed by atoms with Crippen LogP contribution in [0.4, 0.5) is 0 Å². The largest absolute Gasteiger partial charge is 0.352 e.